The second-order valence-corrected chi connectivity index (χ2v) is 3.04. The molecule has 1 fully saturated rings. The van der Waals surface area contributed by atoms with Gasteiger partial charge >= 0.3 is 5.97 Å². The topological polar surface area (TPSA) is 80.0 Å². The number of rotatable bonds is 2. The molecule has 0 aliphatic carbocycles. The molecule has 0 bridgehead atoms. The van der Waals surface area contributed by atoms with Crippen molar-refractivity contribution in [3.05, 3.63) is 11.9 Å². The van der Waals surface area contributed by atoms with Crippen LogP contribution in [0.5, 0.6) is 0 Å². The van der Waals surface area contributed by atoms with Gasteiger partial charge in [0.25, 0.3) is 0 Å². The van der Waals surface area contributed by atoms with Crippen LogP contribution in [0.3, 0.4) is 0 Å². The van der Waals surface area contributed by atoms with E-state index in [-0.39, 0.29) is 11.7 Å². The van der Waals surface area contributed by atoms with E-state index in [0.29, 0.717) is 0 Å². The molecule has 1 aliphatic heterocycles. The molecule has 0 radical (unpaired) electrons. The number of nitrogens with one attached hydrogen (secondary N) is 1. The van der Waals surface area contributed by atoms with E-state index in [4.69, 9.17) is 5.11 Å². The van der Waals surface area contributed by atoms with E-state index in [1.807, 2.05) is 0 Å². The fourth-order valence-electron chi connectivity index (χ4n) is 1.42. The molecule has 1 aromatic rings. The number of aromatic carboxylic acids is 1. The molecule has 2 rings (SSSR count). The summed E-state index contributed by atoms with van der Waals surface area (Å²) < 4.78 is 1.61. The molecular weight excluding hydrogens is 172 g/mol. The highest BCUT2D eigenvalue weighted by Gasteiger charge is 2.19. The van der Waals surface area contributed by atoms with Crippen molar-refractivity contribution in [3.63, 3.8) is 0 Å². The van der Waals surface area contributed by atoms with Crippen molar-refractivity contribution >= 4 is 5.97 Å². The first-order valence-electron chi connectivity index (χ1n) is 4.13. The van der Waals surface area contributed by atoms with E-state index < -0.39 is 5.97 Å². The Labute approximate surface area is 74.6 Å². The van der Waals surface area contributed by atoms with Gasteiger partial charge in [-0.25, -0.2) is 9.48 Å². The largest absolute Gasteiger partial charge is 0.476 e. The normalized spacial score (nSPS) is 22.0. The van der Waals surface area contributed by atoms with Crippen LogP contribution in [0.1, 0.15) is 23.0 Å². The summed E-state index contributed by atoms with van der Waals surface area (Å²) in [5.74, 6) is -1.03. The molecule has 0 spiro atoms. The van der Waals surface area contributed by atoms with Crippen LogP contribution in [-0.2, 0) is 0 Å². The number of carbonyl (C=O) groups is 1. The summed E-state index contributed by atoms with van der Waals surface area (Å²) >= 11 is 0. The molecule has 1 saturated heterocycles. The van der Waals surface area contributed by atoms with Crippen LogP contribution in [0.2, 0.25) is 0 Å². The van der Waals surface area contributed by atoms with Crippen molar-refractivity contribution < 1.29 is 9.90 Å². The first-order valence-corrected chi connectivity index (χ1v) is 4.13. The van der Waals surface area contributed by atoms with Gasteiger partial charge in [0.15, 0.2) is 5.69 Å². The van der Waals surface area contributed by atoms with Gasteiger partial charge in [0.2, 0.25) is 0 Å². The second kappa shape index (κ2) is 3.14. The molecule has 6 heteroatoms. The zero-order valence-corrected chi connectivity index (χ0v) is 6.97. The van der Waals surface area contributed by atoms with Gasteiger partial charge in [-0.3, -0.25) is 0 Å². The third-order valence-corrected chi connectivity index (χ3v) is 2.14. The van der Waals surface area contributed by atoms with E-state index in [1.165, 1.54) is 6.20 Å². The van der Waals surface area contributed by atoms with Gasteiger partial charge < -0.3 is 10.4 Å². The van der Waals surface area contributed by atoms with E-state index >= 15 is 0 Å². The highest BCUT2D eigenvalue weighted by molar-refractivity contribution is 5.84. The number of carboxylic acids is 1. The van der Waals surface area contributed by atoms with Crippen LogP contribution >= 0.6 is 0 Å². The molecule has 0 aromatic carbocycles. The fourth-order valence-corrected chi connectivity index (χ4v) is 1.42. The fraction of sp³-hybridized carbons (Fsp3) is 0.571. The lowest BCUT2D eigenvalue weighted by atomic mass is 10.3. The molecule has 1 aromatic heterocycles. The Morgan fingerprint density at radius 2 is 2.62 bits per heavy atom. The average Bonchev–Trinajstić information content (AvgIpc) is 2.75. The van der Waals surface area contributed by atoms with Gasteiger partial charge in [0, 0.05) is 6.54 Å². The first kappa shape index (κ1) is 8.18. The Morgan fingerprint density at radius 3 is 3.15 bits per heavy atom. The van der Waals surface area contributed by atoms with Crippen molar-refractivity contribution in [1.82, 2.24) is 20.3 Å². The van der Waals surface area contributed by atoms with E-state index in [0.717, 1.165) is 19.5 Å². The Kier molecular flexibility index (Phi) is 1.97. The summed E-state index contributed by atoms with van der Waals surface area (Å²) in [6.45, 7) is 1.79. The summed E-state index contributed by atoms with van der Waals surface area (Å²) in [6.07, 6.45) is 2.45. The number of hydrogen-bond donors (Lipinski definition) is 2. The Morgan fingerprint density at radius 1 is 1.77 bits per heavy atom. The zero-order chi connectivity index (χ0) is 9.26. The maximum atomic E-state index is 10.5. The standard InChI is InChI=1S/C7H10N4O2/c12-7(13)6-4-11(10-9-6)5-1-2-8-3-5/h4-5,8H,1-3H2,(H,12,13). The SMILES string of the molecule is O=C(O)c1cn(C2CCNC2)nn1. The van der Waals surface area contributed by atoms with Crippen molar-refractivity contribution in [2.45, 2.75) is 12.5 Å². The molecule has 70 valence electrons. The Bertz CT molecular complexity index is 316. The predicted octanol–water partition coefficient (Wildman–Crippen LogP) is -0.489. The van der Waals surface area contributed by atoms with Crippen LogP contribution in [0.25, 0.3) is 0 Å². The molecule has 1 aliphatic rings. The van der Waals surface area contributed by atoms with Crippen LogP contribution in [0.15, 0.2) is 6.20 Å². The molecule has 1 atom stereocenters. The lowest BCUT2D eigenvalue weighted by molar-refractivity contribution is 0.0690. The molecule has 6 nitrogen and oxygen atoms in total. The molecule has 2 N–H and O–H groups in total. The molecule has 0 saturated carbocycles. The lowest BCUT2D eigenvalue weighted by Gasteiger charge is -2.05. The number of hydrogen-bond acceptors (Lipinski definition) is 4. The van der Waals surface area contributed by atoms with E-state index in [1.54, 1.807) is 4.68 Å². The minimum absolute atomic E-state index is 0.00639. The number of carboxylic acid groups (broad SMARTS) is 1. The van der Waals surface area contributed by atoms with Crippen molar-refractivity contribution in [2.75, 3.05) is 13.1 Å². The quantitative estimate of drug-likeness (QED) is 0.645. The molecule has 1 unspecified atom stereocenters. The Balaban J connectivity index is 2.16. The van der Waals surface area contributed by atoms with Gasteiger partial charge in [-0.2, -0.15) is 0 Å². The minimum Gasteiger partial charge on any atom is -0.476 e. The van der Waals surface area contributed by atoms with Crippen molar-refractivity contribution in [2.24, 2.45) is 0 Å². The summed E-state index contributed by atoms with van der Waals surface area (Å²) in [6, 6.07) is 0.251. The third-order valence-electron chi connectivity index (χ3n) is 2.14. The average molecular weight is 182 g/mol. The first-order chi connectivity index (χ1) is 6.27. The van der Waals surface area contributed by atoms with E-state index in [2.05, 4.69) is 15.6 Å². The molecule has 2 heterocycles. The van der Waals surface area contributed by atoms with Gasteiger partial charge in [-0.05, 0) is 13.0 Å². The van der Waals surface area contributed by atoms with Crippen LogP contribution in [0, 0.1) is 0 Å². The van der Waals surface area contributed by atoms with Crippen LogP contribution in [-0.4, -0.2) is 39.2 Å². The maximum Gasteiger partial charge on any atom is 0.358 e. The molecule has 13 heavy (non-hydrogen) atoms. The molecular formula is C7H10N4O2. The highest BCUT2D eigenvalue weighted by Crippen LogP contribution is 2.13. The third kappa shape index (κ3) is 1.52. The monoisotopic (exact) mass is 182 g/mol. The van der Waals surface area contributed by atoms with Gasteiger partial charge in [0.1, 0.15) is 0 Å². The zero-order valence-electron chi connectivity index (χ0n) is 6.97. The van der Waals surface area contributed by atoms with Crippen LogP contribution < -0.4 is 5.32 Å². The van der Waals surface area contributed by atoms with Gasteiger partial charge in [-0.15, -0.1) is 5.10 Å². The lowest BCUT2D eigenvalue weighted by Crippen LogP contribution is -2.13. The van der Waals surface area contributed by atoms with Crippen molar-refractivity contribution in [1.29, 1.82) is 0 Å². The maximum absolute atomic E-state index is 10.5. The van der Waals surface area contributed by atoms with E-state index in [9.17, 15) is 4.79 Å². The number of aromatic nitrogens is 3. The highest BCUT2D eigenvalue weighted by atomic mass is 16.4. The smallest absolute Gasteiger partial charge is 0.358 e. The van der Waals surface area contributed by atoms with Crippen molar-refractivity contribution in [3.8, 4) is 0 Å². The predicted molar refractivity (Wildman–Crippen MR) is 43.5 cm³/mol. The molecule has 0 amide bonds. The summed E-state index contributed by atoms with van der Waals surface area (Å²) in [4.78, 5) is 10.5. The summed E-state index contributed by atoms with van der Waals surface area (Å²) in [5.41, 5.74) is 0.00639. The minimum atomic E-state index is -1.03. The summed E-state index contributed by atoms with van der Waals surface area (Å²) in [7, 11) is 0. The van der Waals surface area contributed by atoms with Crippen LogP contribution in [0.4, 0.5) is 0 Å². The summed E-state index contributed by atoms with van der Waals surface area (Å²) in [5, 5.41) is 19.1. The Hall–Kier alpha value is -1.43. The number of nitrogens with zero attached hydrogens (tertiary/aromatic N) is 3. The van der Waals surface area contributed by atoms with Gasteiger partial charge in [-0.1, -0.05) is 5.21 Å². The second-order valence-electron chi connectivity index (χ2n) is 3.04. The van der Waals surface area contributed by atoms with Gasteiger partial charge in [0.05, 0.1) is 12.2 Å².